The number of amides is 1. The summed E-state index contributed by atoms with van der Waals surface area (Å²) in [5.41, 5.74) is -1.91. The van der Waals surface area contributed by atoms with Crippen LogP contribution in [0.15, 0.2) is 24.3 Å². The van der Waals surface area contributed by atoms with Gasteiger partial charge in [0.1, 0.15) is 5.60 Å². The average molecular weight is 385 g/mol. The van der Waals surface area contributed by atoms with E-state index in [1.807, 2.05) is 0 Å². The Morgan fingerprint density at radius 3 is 2.48 bits per heavy atom. The Balaban J connectivity index is 1.86. The summed E-state index contributed by atoms with van der Waals surface area (Å²) in [5.74, 6) is -0.912. The zero-order valence-electron chi connectivity index (χ0n) is 15.2. The lowest BCUT2D eigenvalue weighted by Gasteiger charge is -2.35. The molecule has 1 aliphatic heterocycles. The lowest BCUT2D eigenvalue weighted by molar-refractivity contribution is -0.150. The second-order valence-corrected chi connectivity index (χ2v) is 7.55. The van der Waals surface area contributed by atoms with Gasteiger partial charge in [-0.05, 0) is 24.5 Å². The number of nitrogens with one attached hydrogen (secondary N) is 1. The van der Waals surface area contributed by atoms with Gasteiger partial charge in [-0.2, -0.15) is 13.2 Å². The van der Waals surface area contributed by atoms with E-state index in [1.165, 1.54) is 12.1 Å². The Labute approximate surface area is 157 Å². The van der Waals surface area contributed by atoms with Gasteiger partial charge in [0.15, 0.2) is 0 Å². The van der Waals surface area contributed by atoms with Gasteiger partial charge in [0.2, 0.25) is 0 Å². The largest absolute Gasteiger partial charge is 0.416 e. The van der Waals surface area contributed by atoms with Crippen molar-refractivity contribution in [1.82, 2.24) is 5.32 Å². The first kappa shape index (κ1) is 20.1. The molecule has 4 nitrogen and oxygen atoms in total. The normalized spacial score (nSPS) is 26.2. The van der Waals surface area contributed by atoms with Crippen molar-refractivity contribution < 1.29 is 27.8 Å². The molecule has 1 aliphatic carbocycles. The summed E-state index contributed by atoms with van der Waals surface area (Å²) in [7, 11) is 0. The third-order valence-corrected chi connectivity index (χ3v) is 5.74. The van der Waals surface area contributed by atoms with Crippen LogP contribution in [0.2, 0.25) is 0 Å². The Bertz CT molecular complexity index is 656. The third-order valence-electron chi connectivity index (χ3n) is 5.74. The van der Waals surface area contributed by atoms with Crippen molar-refractivity contribution in [2.45, 2.75) is 68.7 Å². The fourth-order valence-electron chi connectivity index (χ4n) is 4.17. The van der Waals surface area contributed by atoms with Crippen LogP contribution in [0.1, 0.15) is 62.0 Å². The second kappa shape index (κ2) is 8.19. The molecule has 0 radical (unpaired) electrons. The number of benzene rings is 1. The highest BCUT2D eigenvalue weighted by molar-refractivity contribution is 5.85. The van der Waals surface area contributed by atoms with Crippen LogP contribution in [0.5, 0.6) is 0 Å². The third kappa shape index (κ3) is 4.63. The van der Waals surface area contributed by atoms with Gasteiger partial charge < -0.3 is 15.2 Å². The first-order valence-electron chi connectivity index (χ1n) is 9.58. The van der Waals surface area contributed by atoms with Gasteiger partial charge in [0, 0.05) is 38.0 Å². The number of alkyl halides is 3. The van der Waals surface area contributed by atoms with Crippen molar-refractivity contribution in [3.05, 3.63) is 35.4 Å². The van der Waals surface area contributed by atoms with Gasteiger partial charge in [-0.25, -0.2) is 0 Å². The molecular weight excluding hydrogens is 359 g/mol. The minimum Gasteiger partial charge on any atom is -0.381 e. The molecule has 3 rings (SSSR count). The standard InChI is InChI=1S/C20H26F3NO3/c21-20(22,23)16-8-5-4-6-14(16)15-7-2-1-3-9-17(15)24-18(25)19(26)10-12-27-13-11-19/h4-6,8,15,17,26H,1-3,7,9-13H2,(H,24,25)/t15-,17+/m0/s1. The van der Waals surface area contributed by atoms with E-state index in [-0.39, 0.29) is 18.4 Å². The lowest BCUT2D eigenvalue weighted by atomic mass is 9.83. The summed E-state index contributed by atoms with van der Waals surface area (Å²) in [6, 6.07) is 5.20. The SMILES string of the molecule is O=C(N[C@@H]1CCCCC[C@H]1c1ccccc1C(F)(F)F)C1(O)CCOCC1. The van der Waals surface area contributed by atoms with E-state index in [4.69, 9.17) is 4.74 Å². The van der Waals surface area contributed by atoms with Gasteiger partial charge >= 0.3 is 6.18 Å². The zero-order chi connectivity index (χ0) is 19.5. The predicted octanol–water partition coefficient (Wildman–Crippen LogP) is 3.78. The maximum atomic E-state index is 13.5. The Morgan fingerprint density at radius 2 is 1.78 bits per heavy atom. The molecule has 1 aromatic rings. The minimum absolute atomic E-state index is 0.204. The first-order chi connectivity index (χ1) is 12.8. The molecule has 1 heterocycles. The highest BCUT2D eigenvalue weighted by Crippen LogP contribution is 2.40. The van der Waals surface area contributed by atoms with Crippen LogP contribution in [0, 0.1) is 0 Å². The quantitative estimate of drug-likeness (QED) is 0.779. The molecule has 1 saturated heterocycles. The minimum atomic E-state index is -4.43. The van der Waals surface area contributed by atoms with E-state index in [2.05, 4.69) is 5.32 Å². The predicted molar refractivity (Wildman–Crippen MR) is 94.2 cm³/mol. The van der Waals surface area contributed by atoms with Crippen LogP contribution < -0.4 is 5.32 Å². The van der Waals surface area contributed by atoms with Crippen molar-refractivity contribution in [3.8, 4) is 0 Å². The van der Waals surface area contributed by atoms with E-state index in [9.17, 15) is 23.1 Å². The van der Waals surface area contributed by atoms with Gasteiger partial charge in [0.05, 0.1) is 5.56 Å². The number of carbonyl (C=O) groups is 1. The van der Waals surface area contributed by atoms with Crippen LogP contribution in [0.3, 0.4) is 0 Å². The average Bonchev–Trinajstić information content (AvgIpc) is 2.87. The van der Waals surface area contributed by atoms with Gasteiger partial charge in [0.25, 0.3) is 5.91 Å². The van der Waals surface area contributed by atoms with Gasteiger partial charge in [-0.15, -0.1) is 0 Å². The van der Waals surface area contributed by atoms with Gasteiger partial charge in [-0.3, -0.25) is 4.79 Å². The molecule has 2 N–H and O–H groups in total. The Kier molecular flexibility index (Phi) is 6.11. The number of carbonyl (C=O) groups excluding carboxylic acids is 1. The molecule has 2 atom stereocenters. The van der Waals surface area contributed by atoms with E-state index in [1.54, 1.807) is 6.07 Å². The summed E-state index contributed by atoms with van der Waals surface area (Å²) in [4.78, 5) is 12.7. The summed E-state index contributed by atoms with van der Waals surface area (Å²) in [6.45, 7) is 0.601. The molecule has 2 fully saturated rings. The van der Waals surface area contributed by atoms with Crippen molar-refractivity contribution in [2.24, 2.45) is 0 Å². The summed E-state index contributed by atoms with van der Waals surface area (Å²) >= 11 is 0. The van der Waals surface area contributed by atoms with Crippen LogP contribution in [0.25, 0.3) is 0 Å². The molecular formula is C20H26F3NO3. The van der Waals surface area contributed by atoms with Crippen LogP contribution in [-0.4, -0.2) is 35.9 Å². The van der Waals surface area contributed by atoms with Crippen molar-refractivity contribution in [3.63, 3.8) is 0 Å². The molecule has 1 aromatic carbocycles. The van der Waals surface area contributed by atoms with Crippen molar-refractivity contribution in [2.75, 3.05) is 13.2 Å². The maximum Gasteiger partial charge on any atom is 0.416 e. The molecule has 0 unspecified atom stereocenters. The number of rotatable bonds is 3. The maximum absolute atomic E-state index is 13.5. The van der Waals surface area contributed by atoms with E-state index in [0.717, 1.165) is 25.3 Å². The highest BCUT2D eigenvalue weighted by atomic mass is 19.4. The Morgan fingerprint density at radius 1 is 1.11 bits per heavy atom. The Hall–Kier alpha value is -1.60. The molecule has 0 spiro atoms. The second-order valence-electron chi connectivity index (χ2n) is 7.55. The molecule has 0 bridgehead atoms. The van der Waals surface area contributed by atoms with Crippen LogP contribution >= 0.6 is 0 Å². The monoisotopic (exact) mass is 385 g/mol. The smallest absolute Gasteiger partial charge is 0.381 e. The molecule has 1 amide bonds. The number of halogens is 3. The van der Waals surface area contributed by atoms with E-state index < -0.39 is 35.2 Å². The molecule has 27 heavy (non-hydrogen) atoms. The van der Waals surface area contributed by atoms with Gasteiger partial charge in [-0.1, -0.05) is 37.5 Å². The lowest BCUT2D eigenvalue weighted by Crippen LogP contribution is -2.54. The number of aliphatic hydroxyl groups is 1. The summed E-state index contributed by atoms with van der Waals surface area (Å²) in [6.07, 6.45) is -0.247. The molecule has 0 aromatic heterocycles. The van der Waals surface area contributed by atoms with Crippen LogP contribution in [-0.2, 0) is 15.7 Å². The van der Waals surface area contributed by atoms with Crippen LogP contribution in [0.4, 0.5) is 13.2 Å². The van der Waals surface area contributed by atoms with E-state index in [0.29, 0.717) is 26.1 Å². The molecule has 7 heteroatoms. The molecule has 2 aliphatic rings. The summed E-state index contributed by atoms with van der Waals surface area (Å²) < 4.78 is 45.7. The highest BCUT2D eigenvalue weighted by Gasteiger charge is 2.41. The molecule has 1 saturated carbocycles. The first-order valence-corrected chi connectivity index (χ1v) is 9.58. The number of hydrogen-bond acceptors (Lipinski definition) is 3. The summed E-state index contributed by atoms with van der Waals surface area (Å²) in [5, 5.41) is 13.5. The van der Waals surface area contributed by atoms with Crippen molar-refractivity contribution >= 4 is 5.91 Å². The van der Waals surface area contributed by atoms with E-state index >= 15 is 0 Å². The zero-order valence-corrected chi connectivity index (χ0v) is 15.2. The fourth-order valence-corrected chi connectivity index (χ4v) is 4.17. The topological polar surface area (TPSA) is 58.6 Å². The van der Waals surface area contributed by atoms with Crippen molar-refractivity contribution in [1.29, 1.82) is 0 Å². The number of ether oxygens (including phenoxy) is 1. The number of hydrogen-bond donors (Lipinski definition) is 2. The molecule has 150 valence electrons. The fraction of sp³-hybridized carbons (Fsp3) is 0.650.